The number of esters is 2. The molecule has 2 aliphatic heterocycles. The summed E-state index contributed by atoms with van der Waals surface area (Å²) in [5.74, 6) is -1.10. The smallest absolute Gasteiger partial charge is 0.350 e. The quantitative estimate of drug-likeness (QED) is 0.0428. The Kier molecular flexibility index (Phi) is 9.38. The van der Waals surface area contributed by atoms with Gasteiger partial charge in [0.2, 0.25) is 0 Å². The fraction of sp³-hybridized carbons (Fsp3) is 0.0698. The van der Waals surface area contributed by atoms with Crippen LogP contribution in [0, 0.1) is 20.2 Å². The van der Waals surface area contributed by atoms with E-state index in [0.717, 1.165) is 0 Å². The second-order valence-corrected chi connectivity index (χ2v) is 12.9. The third-order valence-corrected chi connectivity index (χ3v) is 9.54. The molecule has 0 fully saturated rings. The molecule has 0 aliphatic carbocycles. The molecule has 1 atom stereocenters. The highest BCUT2D eigenvalue weighted by molar-refractivity contribution is 6.03. The molecule has 1 spiro atoms. The lowest BCUT2D eigenvalue weighted by Crippen LogP contribution is -2.44. The summed E-state index contributed by atoms with van der Waals surface area (Å²) in [4.78, 5) is 62.2. The highest BCUT2D eigenvalue weighted by Gasteiger charge is 2.57. The van der Waals surface area contributed by atoms with E-state index in [0.29, 0.717) is 45.9 Å². The van der Waals surface area contributed by atoms with E-state index in [-0.39, 0.29) is 34.1 Å². The van der Waals surface area contributed by atoms with Gasteiger partial charge < -0.3 is 18.9 Å². The maximum Gasteiger partial charge on any atom is 0.350 e. The van der Waals surface area contributed by atoms with Crippen molar-refractivity contribution < 1.29 is 43.2 Å². The standard InChI is InChI=1S/C43H28N4O11/c1-2-55-28-19-21-34-38(23-28)58-39-24-29(57-42(50)32-11-5-8-14-37(32)47(53)54)20-22-35(39)43(34)33-12-6-3-9-30(33)40(48)45(43)44-25-26-15-17-27(18-16-26)56-41(49)31-10-4-7-13-36(31)46(51)52/h3-25H,2H2,1H3/b44-25+. The van der Waals surface area contributed by atoms with Crippen molar-refractivity contribution in [3.8, 4) is 28.7 Å². The van der Waals surface area contributed by atoms with Crippen LogP contribution >= 0.6 is 0 Å². The Labute approximate surface area is 328 Å². The van der Waals surface area contributed by atoms with Crippen LogP contribution in [0.2, 0.25) is 0 Å². The summed E-state index contributed by atoms with van der Waals surface area (Å²) in [5, 5.41) is 29.2. The van der Waals surface area contributed by atoms with E-state index in [1.54, 1.807) is 54.6 Å². The number of ether oxygens (including phenoxy) is 4. The topological polar surface area (TPSA) is 190 Å². The molecule has 1 amide bonds. The average Bonchev–Trinajstić information content (AvgIpc) is 3.47. The minimum absolute atomic E-state index is 0.0248. The second-order valence-electron chi connectivity index (χ2n) is 12.9. The van der Waals surface area contributed by atoms with Crippen LogP contribution in [0.4, 0.5) is 11.4 Å². The van der Waals surface area contributed by atoms with Crippen LogP contribution in [0.25, 0.3) is 0 Å². The molecule has 0 N–H and O–H groups in total. The number of benzene rings is 6. The number of hydrogen-bond acceptors (Lipinski definition) is 12. The highest BCUT2D eigenvalue weighted by Crippen LogP contribution is 2.58. The second kappa shape index (κ2) is 14.8. The Balaban J connectivity index is 1.18. The van der Waals surface area contributed by atoms with Crippen LogP contribution in [0.5, 0.6) is 28.7 Å². The van der Waals surface area contributed by atoms with Crippen LogP contribution in [0.15, 0.2) is 139 Å². The van der Waals surface area contributed by atoms with E-state index in [1.165, 1.54) is 84.0 Å². The zero-order chi connectivity index (χ0) is 40.6. The van der Waals surface area contributed by atoms with Gasteiger partial charge in [-0.25, -0.2) is 14.6 Å². The van der Waals surface area contributed by atoms with Crippen LogP contribution < -0.4 is 18.9 Å². The zero-order valence-corrected chi connectivity index (χ0v) is 30.3. The van der Waals surface area contributed by atoms with Gasteiger partial charge in [0.15, 0.2) is 0 Å². The summed E-state index contributed by atoms with van der Waals surface area (Å²) in [5.41, 5.74) is -0.153. The molecule has 2 heterocycles. The van der Waals surface area contributed by atoms with E-state index in [9.17, 15) is 34.6 Å². The maximum atomic E-state index is 14.4. The number of para-hydroxylation sites is 2. The fourth-order valence-corrected chi connectivity index (χ4v) is 7.06. The van der Waals surface area contributed by atoms with Crippen molar-refractivity contribution in [1.29, 1.82) is 0 Å². The van der Waals surface area contributed by atoms with Crippen molar-refractivity contribution in [3.63, 3.8) is 0 Å². The van der Waals surface area contributed by atoms with Gasteiger partial charge in [-0.3, -0.25) is 25.0 Å². The van der Waals surface area contributed by atoms with Gasteiger partial charge in [0.25, 0.3) is 17.3 Å². The van der Waals surface area contributed by atoms with Gasteiger partial charge in [-0.15, -0.1) is 0 Å². The first-order chi connectivity index (χ1) is 28.1. The van der Waals surface area contributed by atoms with E-state index in [4.69, 9.17) is 24.0 Å². The number of rotatable bonds is 10. The van der Waals surface area contributed by atoms with Crippen molar-refractivity contribution >= 4 is 35.4 Å². The zero-order valence-electron chi connectivity index (χ0n) is 30.3. The van der Waals surface area contributed by atoms with Gasteiger partial charge in [-0.1, -0.05) is 42.5 Å². The van der Waals surface area contributed by atoms with Gasteiger partial charge >= 0.3 is 11.9 Å². The lowest BCUT2D eigenvalue weighted by Gasteiger charge is -2.41. The molecule has 0 bridgehead atoms. The summed E-state index contributed by atoms with van der Waals surface area (Å²) in [7, 11) is 0. The molecule has 0 radical (unpaired) electrons. The first kappa shape index (κ1) is 36.8. The summed E-state index contributed by atoms with van der Waals surface area (Å²) in [6.07, 6.45) is 1.46. The molecule has 0 saturated heterocycles. The monoisotopic (exact) mass is 776 g/mol. The Morgan fingerprint density at radius 1 is 0.690 bits per heavy atom. The number of nitro groups is 2. The van der Waals surface area contributed by atoms with E-state index in [2.05, 4.69) is 0 Å². The van der Waals surface area contributed by atoms with E-state index >= 15 is 0 Å². The summed E-state index contributed by atoms with van der Waals surface area (Å²) in [6, 6.07) is 34.0. The van der Waals surface area contributed by atoms with Gasteiger partial charge in [-0.05, 0) is 79.2 Å². The molecule has 8 rings (SSSR count). The lowest BCUT2D eigenvalue weighted by molar-refractivity contribution is -0.385. The number of hydrazone groups is 1. The molecule has 0 saturated carbocycles. The van der Waals surface area contributed by atoms with Crippen molar-refractivity contribution in [3.05, 3.63) is 193 Å². The number of hydrogen-bond donors (Lipinski definition) is 0. The molecule has 6 aromatic carbocycles. The van der Waals surface area contributed by atoms with Crippen molar-refractivity contribution in [2.24, 2.45) is 5.10 Å². The predicted octanol–water partition coefficient (Wildman–Crippen LogP) is 8.23. The number of fused-ring (bicyclic) bond motifs is 6. The van der Waals surface area contributed by atoms with Gasteiger partial charge in [-0.2, -0.15) is 5.10 Å². The highest BCUT2D eigenvalue weighted by atomic mass is 16.6. The minimum atomic E-state index is -1.42. The number of amides is 1. The van der Waals surface area contributed by atoms with Gasteiger partial charge in [0.05, 0.1) is 22.7 Å². The Bertz CT molecular complexity index is 2710. The minimum Gasteiger partial charge on any atom is -0.494 e. The molecule has 58 heavy (non-hydrogen) atoms. The maximum absolute atomic E-state index is 14.4. The van der Waals surface area contributed by atoms with E-state index < -0.39 is 38.9 Å². The summed E-state index contributed by atoms with van der Waals surface area (Å²) >= 11 is 0. The van der Waals surface area contributed by atoms with Crippen LogP contribution in [-0.2, 0) is 5.54 Å². The normalized spacial score (nSPS) is 14.9. The molecule has 2 aliphatic rings. The predicted molar refractivity (Wildman–Crippen MR) is 207 cm³/mol. The third-order valence-electron chi connectivity index (χ3n) is 9.54. The number of carbonyl (C=O) groups excluding carboxylic acids is 3. The molecular formula is C43H28N4O11. The van der Waals surface area contributed by atoms with Crippen LogP contribution in [-0.4, -0.2) is 45.5 Å². The summed E-state index contributed by atoms with van der Waals surface area (Å²) < 4.78 is 23.3. The number of carbonyl (C=O) groups is 3. The van der Waals surface area contributed by atoms with Gasteiger partial charge in [0.1, 0.15) is 45.4 Å². The number of nitrogens with zero attached hydrogens (tertiary/aromatic N) is 4. The molecule has 15 nitrogen and oxygen atoms in total. The Morgan fingerprint density at radius 3 is 1.81 bits per heavy atom. The SMILES string of the molecule is CCOc1ccc2c(c1)Oc1cc(OC(=O)c3ccccc3[N+](=O)[O-])ccc1C21c2ccccc2C(=O)N1/N=C/c1ccc(OC(=O)c2ccccc2[N+](=O)[O-])cc1. The Morgan fingerprint density at radius 2 is 1.21 bits per heavy atom. The first-order valence-corrected chi connectivity index (χ1v) is 17.7. The average molecular weight is 777 g/mol. The largest absolute Gasteiger partial charge is 0.494 e. The van der Waals surface area contributed by atoms with Crippen molar-refractivity contribution in [2.75, 3.05) is 6.61 Å². The molecule has 1 unspecified atom stereocenters. The molecule has 15 heteroatoms. The first-order valence-electron chi connectivity index (χ1n) is 17.7. The van der Waals surface area contributed by atoms with Gasteiger partial charge in [0, 0.05) is 46.5 Å². The summed E-state index contributed by atoms with van der Waals surface area (Å²) in [6.45, 7) is 2.21. The molecular weight excluding hydrogens is 748 g/mol. The Hall–Kier alpha value is -8.20. The van der Waals surface area contributed by atoms with E-state index in [1.807, 2.05) is 13.0 Å². The molecule has 6 aromatic rings. The molecule has 286 valence electrons. The lowest BCUT2D eigenvalue weighted by atomic mass is 9.75. The van der Waals surface area contributed by atoms with Crippen LogP contribution in [0.1, 0.15) is 60.3 Å². The van der Waals surface area contributed by atoms with Crippen molar-refractivity contribution in [2.45, 2.75) is 12.5 Å². The van der Waals surface area contributed by atoms with Crippen molar-refractivity contribution in [1.82, 2.24) is 5.01 Å². The van der Waals surface area contributed by atoms with Crippen LogP contribution in [0.3, 0.4) is 0 Å². The molecule has 0 aromatic heterocycles. The number of nitro benzene ring substituents is 2. The fourth-order valence-electron chi connectivity index (χ4n) is 7.06. The third kappa shape index (κ3) is 6.31.